The highest BCUT2D eigenvalue weighted by molar-refractivity contribution is 6.21. The van der Waals surface area contributed by atoms with Crippen LogP contribution in [0, 0.1) is 0 Å². The Balaban J connectivity index is 1.83. The van der Waals surface area contributed by atoms with Crippen LogP contribution < -0.4 is 0 Å². The van der Waals surface area contributed by atoms with Crippen molar-refractivity contribution >= 4 is 11.8 Å². The minimum atomic E-state index is -4.41. The summed E-state index contributed by atoms with van der Waals surface area (Å²) in [6.45, 7) is -0.0511. The molecule has 0 radical (unpaired) electrons. The van der Waals surface area contributed by atoms with Gasteiger partial charge in [0.1, 0.15) is 0 Å². The standard InChI is InChI=1S/C16H10F3NO2/c17-16(18,19)11-7-5-10(6-8-11)9-20-14(21)12-3-1-2-4-13(12)15(20)22/h1-8H,9H2. The van der Waals surface area contributed by atoms with Crippen LogP contribution in [0.3, 0.4) is 0 Å². The monoisotopic (exact) mass is 305 g/mol. The van der Waals surface area contributed by atoms with E-state index in [9.17, 15) is 22.8 Å². The molecule has 0 aromatic heterocycles. The lowest BCUT2D eigenvalue weighted by atomic mass is 10.1. The van der Waals surface area contributed by atoms with E-state index in [-0.39, 0.29) is 6.54 Å². The predicted octanol–water partition coefficient (Wildman–Crippen LogP) is 3.50. The lowest BCUT2D eigenvalue weighted by molar-refractivity contribution is -0.137. The second kappa shape index (κ2) is 4.98. The third-order valence-corrected chi connectivity index (χ3v) is 3.50. The molecule has 22 heavy (non-hydrogen) atoms. The molecule has 0 unspecified atom stereocenters. The fourth-order valence-electron chi connectivity index (χ4n) is 2.36. The zero-order chi connectivity index (χ0) is 15.9. The van der Waals surface area contributed by atoms with Gasteiger partial charge in [0.05, 0.1) is 23.2 Å². The van der Waals surface area contributed by atoms with E-state index < -0.39 is 23.6 Å². The molecule has 3 rings (SSSR count). The van der Waals surface area contributed by atoms with Crippen molar-refractivity contribution in [3.05, 3.63) is 70.8 Å². The highest BCUT2D eigenvalue weighted by Gasteiger charge is 2.35. The third kappa shape index (κ3) is 2.36. The summed E-state index contributed by atoms with van der Waals surface area (Å²) in [5, 5.41) is 0. The quantitative estimate of drug-likeness (QED) is 0.796. The Hall–Kier alpha value is -2.63. The van der Waals surface area contributed by atoms with Crippen LogP contribution in [0.1, 0.15) is 31.8 Å². The van der Waals surface area contributed by atoms with E-state index in [0.29, 0.717) is 16.7 Å². The first kappa shape index (κ1) is 14.3. The van der Waals surface area contributed by atoms with Gasteiger partial charge in [-0.3, -0.25) is 14.5 Å². The van der Waals surface area contributed by atoms with Crippen LogP contribution >= 0.6 is 0 Å². The molecule has 3 nitrogen and oxygen atoms in total. The summed E-state index contributed by atoms with van der Waals surface area (Å²) in [6, 6.07) is 10.8. The van der Waals surface area contributed by atoms with Gasteiger partial charge < -0.3 is 0 Å². The molecule has 0 atom stereocenters. The SMILES string of the molecule is O=C1c2ccccc2C(=O)N1Cc1ccc(C(F)(F)F)cc1. The normalized spacial score (nSPS) is 14.4. The van der Waals surface area contributed by atoms with Crippen molar-refractivity contribution in [2.45, 2.75) is 12.7 Å². The number of carbonyl (C=O) groups is 2. The van der Waals surface area contributed by atoms with Crippen molar-refractivity contribution in [1.82, 2.24) is 4.90 Å². The van der Waals surface area contributed by atoms with Crippen LogP contribution in [0.5, 0.6) is 0 Å². The molecule has 0 fully saturated rings. The molecule has 2 aromatic carbocycles. The summed E-state index contributed by atoms with van der Waals surface area (Å²) in [5.41, 5.74) is 0.333. The van der Waals surface area contributed by atoms with Gasteiger partial charge in [0.2, 0.25) is 0 Å². The summed E-state index contributed by atoms with van der Waals surface area (Å²) >= 11 is 0. The molecule has 112 valence electrons. The van der Waals surface area contributed by atoms with Crippen LogP contribution in [-0.4, -0.2) is 16.7 Å². The van der Waals surface area contributed by atoms with Gasteiger partial charge in [-0.25, -0.2) is 0 Å². The fourth-order valence-corrected chi connectivity index (χ4v) is 2.36. The van der Waals surface area contributed by atoms with Gasteiger partial charge in [-0.15, -0.1) is 0 Å². The van der Waals surface area contributed by atoms with Crippen LogP contribution in [0.4, 0.5) is 13.2 Å². The molecule has 6 heteroatoms. The van der Waals surface area contributed by atoms with Crippen molar-refractivity contribution in [3.8, 4) is 0 Å². The Morgan fingerprint density at radius 2 is 1.32 bits per heavy atom. The second-order valence-corrected chi connectivity index (χ2v) is 4.94. The summed E-state index contributed by atoms with van der Waals surface area (Å²) in [6.07, 6.45) is -4.41. The average molecular weight is 305 g/mol. The summed E-state index contributed by atoms with van der Waals surface area (Å²) in [5.74, 6) is -0.860. The molecular weight excluding hydrogens is 295 g/mol. The van der Waals surface area contributed by atoms with Crippen LogP contribution in [0.15, 0.2) is 48.5 Å². The molecular formula is C16H10F3NO2. The Kier molecular flexibility index (Phi) is 3.24. The number of nitrogens with zero attached hydrogens (tertiary/aromatic N) is 1. The number of hydrogen-bond acceptors (Lipinski definition) is 2. The van der Waals surface area contributed by atoms with Gasteiger partial charge in [-0.1, -0.05) is 24.3 Å². The number of fused-ring (bicyclic) bond motifs is 1. The van der Waals surface area contributed by atoms with Gasteiger partial charge in [-0.2, -0.15) is 13.2 Å². The molecule has 0 N–H and O–H groups in total. The van der Waals surface area contributed by atoms with E-state index in [1.807, 2.05) is 0 Å². The molecule has 0 bridgehead atoms. The number of carbonyl (C=O) groups excluding carboxylic acids is 2. The molecule has 1 aliphatic rings. The van der Waals surface area contributed by atoms with Crippen molar-refractivity contribution < 1.29 is 22.8 Å². The van der Waals surface area contributed by atoms with E-state index in [0.717, 1.165) is 17.0 Å². The maximum Gasteiger partial charge on any atom is 0.416 e. The Bertz CT molecular complexity index is 716. The number of imide groups is 1. The second-order valence-electron chi connectivity index (χ2n) is 4.94. The summed E-state index contributed by atoms with van der Waals surface area (Å²) < 4.78 is 37.5. The molecule has 0 spiro atoms. The lowest BCUT2D eigenvalue weighted by Gasteiger charge is -2.14. The fraction of sp³-hybridized carbons (Fsp3) is 0.125. The highest BCUT2D eigenvalue weighted by Crippen LogP contribution is 2.30. The number of amides is 2. The van der Waals surface area contributed by atoms with Crippen molar-refractivity contribution in [2.24, 2.45) is 0 Å². The van der Waals surface area contributed by atoms with E-state index in [1.165, 1.54) is 12.1 Å². The number of alkyl halides is 3. The zero-order valence-corrected chi connectivity index (χ0v) is 11.2. The Labute approximate surface area is 124 Å². The van der Waals surface area contributed by atoms with Crippen molar-refractivity contribution in [3.63, 3.8) is 0 Å². The predicted molar refractivity (Wildman–Crippen MR) is 72.1 cm³/mol. The lowest BCUT2D eigenvalue weighted by Crippen LogP contribution is -2.29. The summed E-state index contributed by atoms with van der Waals surface area (Å²) in [4.78, 5) is 25.4. The van der Waals surface area contributed by atoms with Crippen LogP contribution in [0.25, 0.3) is 0 Å². The van der Waals surface area contributed by atoms with Crippen molar-refractivity contribution in [2.75, 3.05) is 0 Å². The first-order chi connectivity index (χ1) is 10.4. The number of halogens is 3. The average Bonchev–Trinajstić information content (AvgIpc) is 2.73. The largest absolute Gasteiger partial charge is 0.416 e. The molecule has 0 saturated heterocycles. The maximum atomic E-state index is 12.5. The zero-order valence-electron chi connectivity index (χ0n) is 11.2. The summed E-state index contributed by atoms with van der Waals surface area (Å²) in [7, 11) is 0. The molecule has 2 aromatic rings. The molecule has 0 saturated carbocycles. The van der Waals surface area contributed by atoms with E-state index >= 15 is 0 Å². The Morgan fingerprint density at radius 1 is 0.818 bits per heavy atom. The van der Waals surface area contributed by atoms with Crippen molar-refractivity contribution in [1.29, 1.82) is 0 Å². The van der Waals surface area contributed by atoms with E-state index in [4.69, 9.17) is 0 Å². The Morgan fingerprint density at radius 3 is 1.77 bits per heavy atom. The number of benzene rings is 2. The molecule has 0 aliphatic carbocycles. The first-order valence-corrected chi connectivity index (χ1v) is 6.49. The smallest absolute Gasteiger partial charge is 0.270 e. The number of hydrogen-bond donors (Lipinski definition) is 0. The number of rotatable bonds is 2. The first-order valence-electron chi connectivity index (χ1n) is 6.49. The molecule has 1 heterocycles. The van der Waals surface area contributed by atoms with Crippen LogP contribution in [0.2, 0.25) is 0 Å². The van der Waals surface area contributed by atoms with Gasteiger partial charge in [-0.05, 0) is 29.8 Å². The highest BCUT2D eigenvalue weighted by atomic mass is 19.4. The van der Waals surface area contributed by atoms with Gasteiger partial charge in [0.25, 0.3) is 11.8 Å². The maximum absolute atomic E-state index is 12.5. The molecule has 1 aliphatic heterocycles. The topological polar surface area (TPSA) is 37.4 Å². The van der Waals surface area contributed by atoms with Gasteiger partial charge >= 0.3 is 6.18 Å². The van der Waals surface area contributed by atoms with E-state index in [2.05, 4.69) is 0 Å². The van der Waals surface area contributed by atoms with Gasteiger partial charge in [0, 0.05) is 0 Å². The third-order valence-electron chi connectivity index (χ3n) is 3.50. The van der Waals surface area contributed by atoms with Crippen LogP contribution in [-0.2, 0) is 12.7 Å². The minimum Gasteiger partial charge on any atom is -0.270 e. The molecule has 2 amide bonds. The minimum absolute atomic E-state index is 0.0511. The van der Waals surface area contributed by atoms with E-state index in [1.54, 1.807) is 24.3 Å². The van der Waals surface area contributed by atoms with Gasteiger partial charge in [0.15, 0.2) is 0 Å².